The van der Waals surface area contributed by atoms with Crippen LogP contribution in [0.5, 0.6) is 0 Å². The van der Waals surface area contributed by atoms with E-state index in [-0.39, 0.29) is 5.41 Å². The van der Waals surface area contributed by atoms with Gasteiger partial charge in [-0.05, 0) is 131 Å². The van der Waals surface area contributed by atoms with Gasteiger partial charge in [-0.25, -0.2) is 19.9 Å². The van der Waals surface area contributed by atoms with E-state index in [0.717, 1.165) is 111 Å². The van der Waals surface area contributed by atoms with Gasteiger partial charge in [0.25, 0.3) is 0 Å². The van der Waals surface area contributed by atoms with Gasteiger partial charge >= 0.3 is 0 Å². The molecule has 14 aromatic carbocycles. The molecule has 19 rings (SSSR count). The number of benzene rings is 14. The Morgan fingerprint density at radius 3 is 1.82 bits per heavy atom. The predicted octanol–water partition coefficient (Wildman–Crippen LogP) is 22.5. The molecule has 0 saturated carbocycles. The number of para-hydroxylation sites is 1. The zero-order chi connectivity index (χ0) is 60.8. The summed E-state index contributed by atoms with van der Waals surface area (Å²) in [5, 5.41) is 15.8. The van der Waals surface area contributed by atoms with Crippen molar-refractivity contribution >= 4 is 115 Å². The summed E-state index contributed by atoms with van der Waals surface area (Å²) in [6.07, 6.45) is 1.89. The van der Waals surface area contributed by atoms with Crippen molar-refractivity contribution in [3.8, 4) is 62.2 Å². The molecule has 4 heterocycles. The van der Waals surface area contributed by atoms with E-state index in [9.17, 15) is 0 Å². The van der Waals surface area contributed by atoms with Crippen molar-refractivity contribution in [2.24, 2.45) is 0 Å². The van der Waals surface area contributed by atoms with Crippen molar-refractivity contribution in [3.05, 3.63) is 302 Å². The summed E-state index contributed by atoms with van der Waals surface area (Å²) >= 11 is 0. The number of rotatable bonds is 8. The van der Waals surface area contributed by atoms with Gasteiger partial charge in [-0.15, -0.1) is 0 Å². The molecule has 1 aliphatic carbocycles. The lowest BCUT2D eigenvalue weighted by Crippen LogP contribution is -2.20. The van der Waals surface area contributed by atoms with E-state index in [0.29, 0.717) is 17.5 Å². The van der Waals surface area contributed by atoms with E-state index < -0.39 is 0 Å². The first kappa shape index (κ1) is 51.9. The number of pyridine rings is 1. The van der Waals surface area contributed by atoms with Gasteiger partial charge in [-0.1, -0.05) is 244 Å². The maximum Gasteiger partial charge on any atom is 0.164 e. The van der Waals surface area contributed by atoms with Crippen molar-refractivity contribution in [3.63, 3.8) is 0 Å². The molecule has 0 spiro atoms. The van der Waals surface area contributed by atoms with Gasteiger partial charge in [0.2, 0.25) is 0 Å². The minimum atomic E-state index is -0.247. The molecule has 0 unspecified atom stereocenters. The van der Waals surface area contributed by atoms with Gasteiger partial charge in [-0.3, -0.25) is 4.57 Å². The highest BCUT2D eigenvalue weighted by molar-refractivity contribution is 6.34. The molecule has 4 aromatic heterocycles. The summed E-state index contributed by atoms with van der Waals surface area (Å²) < 4.78 is 9.68. The Balaban J connectivity index is 0.825. The molecule has 0 aliphatic heterocycles. The van der Waals surface area contributed by atoms with E-state index in [1.807, 2.05) is 30.5 Å². The lowest BCUT2D eigenvalue weighted by atomic mass is 9.81. The lowest BCUT2D eigenvalue weighted by Gasteiger charge is -2.32. The molecule has 0 atom stereocenters. The molecule has 430 valence electrons. The predicted molar refractivity (Wildman–Crippen MR) is 381 cm³/mol. The number of fused-ring (bicyclic) bond motifs is 18. The van der Waals surface area contributed by atoms with Crippen molar-refractivity contribution in [1.82, 2.24) is 24.5 Å². The zero-order valence-electron chi connectivity index (χ0n) is 50.3. The molecule has 0 bridgehead atoms. The van der Waals surface area contributed by atoms with Gasteiger partial charge in [-0.2, -0.15) is 0 Å². The highest BCUT2D eigenvalue weighted by Crippen LogP contribution is 2.55. The quantitative estimate of drug-likeness (QED) is 0.141. The van der Waals surface area contributed by atoms with Crippen LogP contribution in [0.15, 0.2) is 296 Å². The first-order valence-electron chi connectivity index (χ1n) is 31.4. The van der Waals surface area contributed by atoms with Crippen LogP contribution < -0.4 is 4.90 Å². The van der Waals surface area contributed by atoms with Crippen LogP contribution in [0.4, 0.5) is 17.1 Å². The summed E-state index contributed by atoms with van der Waals surface area (Å²) in [5.41, 5.74) is 16.7. The Morgan fingerprint density at radius 2 is 0.967 bits per heavy atom. The molecule has 0 amide bonds. The summed E-state index contributed by atoms with van der Waals surface area (Å²) in [7, 11) is 0. The lowest BCUT2D eigenvalue weighted by molar-refractivity contribution is 0.661. The molecule has 1 aliphatic rings. The third-order valence-corrected chi connectivity index (χ3v) is 19.4. The fraction of sp³-hybridized carbons (Fsp3) is 0.0353. The molecule has 0 fully saturated rings. The van der Waals surface area contributed by atoms with Gasteiger partial charge in [0.05, 0.1) is 16.7 Å². The van der Waals surface area contributed by atoms with E-state index in [1.54, 1.807) is 0 Å². The van der Waals surface area contributed by atoms with Crippen LogP contribution in [0.3, 0.4) is 0 Å². The Labute approximate surface area is 529 Å². The maximum absolute atomic E-state index is 7.30. The maximum atomic E-state index is 7.30. The van der Waals surface area contributed by atoms with Gasteiger partial charge in [0, 0.05) is 72.2 Å². The standard InChI is InChI=1S/C85H54N6O/c1-85(2)73-38-15-14-32-64(73)67-35-19-39-74(79(67)85)90(58-41-40-51-20-6-7-24-54(51)46-58)57-27-16-26-55(47-57)60-34-18-36-69-72-49-75-71(50-76(72)92-81(60)69)68-43-42-66-63-31-11-10-29-61(63)62-30-12-13-33-65(62)78(66)80(68)91(75)77-48-56(44-45-86-77)83-87-82(53-22-4-3-5-23-53)88-84(89-83)70-37-17-25-52-21-8-9-28-59(52)70/h3-50H,1-2H3. The fourth-order valence-electron chi connectivity index (χ4n) is 15.2. The molecule has 7 nitrogen and oxygen atoms in total. The van der Waals surface area contributed by atoms with Gasteiger partial charge in [0.1, 0.15) is 17.0 Å². The monoisotopic (exact) mass is 1170 g/mol. The van der Waals surface area contributed by atoms with Gasteiger partial charge < -0.3 is 9.32 Å². The number of anilines is 3. The van der Waals surface area contributed by atoms with E-state index in [4.69, 9.17) is 24.4 Å². The Hall–Kier alpha value is -12.1. The topological polar surface area (TPSA) is 72.9 Å². The van der Waals surface area contributed by atoms with Crippen LogP contribution in [-0.4, -0.2) is 24.5 Å². The van der Waals surface area contributed by atoms with Crippen molar-refractivity contribution < 1.29 is 4.42 Å². The summed E-state index contributed by atoms with van der Waals surface area (Å²) in [6, 6.07) is 103. The van der Waals surface area contributed by atoms with Crippen LogP contribution in [0.1, 0.15) is 25.0 Å². The summed E-state index contributed by atoms with van der Waals surface area (Å²) in [6.45, 7) is 4.74. The third-order valence-electron chi connectivity index (χ3n) is 19.4. The normalized spacial score (nSPS) is 12.8. The molecule has 92 heavy (non-hydrogen) atoms. The second-order valence-corrected chi connectivity index (χ2v) is 24.8. The second-order valence-electron chi connectivity index (χ2n) is 24.8. The number of aromatic nitrogens is 5. The van der Waals surface area contributed by atoms with E-state index in [2.05, 4.69) is 284 Å². The first-order chi connectivity index (χ1) is 45.4. The van der Waals surface area contributed by atoms with Crippen LogP contribution >= 0.6 is 0 Å². The number of hydrogen-bond acceptors (Lipinski definition) is 6. The minimum absolute atomic E-state index is 0.247. The summed E-state index contributed by atoms with van der Waals surface area (Å²) in [5.74, 6) is 2.48. The minimum Gasteiger partial charge on any atom is -0.455 e. The van der Waals surface area contributed by atoms with Crippen molar-refractivity contribution in [1.29, 1.82) is 0 Å². The number of nitrogens with zero attached hydrogens (tertiary/aromatic N) is 6. The molecular weight excluding hydrogens is 1120 g/mol. The van der Waals surface area contributed by atoms with Crippen LogP contribution in [0.2, 0.25) is 0 Å². The number of hydrogen-bond donors (Lipinski definition) is 0. The first-order valence-corrected chi connectivity index (χ1v) is 31.4. The second kappa shape index (κ2) is 20.0. The van der Waals surface area contributed by atoms with Crippen LogP contribution in [-0.2, 0) is 5.41 Å². The van der Waals surface area contributed by atoms with Crippen molar-refractivity contribution in [2.45, 2.75) is 19.3 Å². The fourth-order valence-corrected chi connectivity index (χ4v) is 15.2. The average Bonchev–Trinajstić information content (AvgIpc) is 1.57. The van der Waals surface area contributed by atoms with Gasteiger partial charge in [0.15, 0.2) is 17.5 Å². The average molecular weight is 1180 g/mol. The zero-order valence-corrected chi connectivity index (χ0v) is 50.3. The Morgan fingerprint density at radius 1 is 0.370 bits per heavy atom. The van der Waals surface area contributed by atoms with Crippen LogP contribution in [0, 0.1) is 0 Å². The van der Waals surface area contributed by atoms with Crippen molar-refractivity contribution in [2.75, 3.05) is 4.90 Å². The molecule has 7 heteroatoms. The summed E-state index contributed by atoms with van der Waals surface area (Å²) in [4.78, 5) is 23.6. The Kier molecular flexibility index (Phi) is 11.3. The van der Waals surface area contributed by atoms with E-state index in [1.165, 1.54) is 60.0 Å². The molecule has 18 aromatic rings. The highest BCUT2D eigenvalue weighted by atomic mass is 16.3. The van der Waals surface area contributed by atoms with Crippen LogP contribution in [0.25, 0.3) is 160 Å². The molecule has 0 saturated heterocycles. The SMILES string of the molecule is CC1(C)c2ccccc2-c2cccc(N(c3cccc(-c4cccc5c4oc4cc6c7ccc8c9ccccc9c9ccccc9c8c7n(-c7cc(-c8nc(-c9ccccc9)nc(-c9cccc%10ccccc9%10)n8)ccn7)c6cc45)c3)c3ccc4ccccc4c3)c21. The molecule has 0 radical (unpaired) electrons. The largest absolute Gasteiger partial charge is 0.455 e. The Bertz CT molecular complexity index is 6100. The number of furan rings is 1. The highest BCUT2D eigenvalue weighted by Gasteiger charge is 2.39. The van der Waals surface area contributed by atoms with E-state index >= 15 is 0 Å². The smallest absolute Gasteiger partial charge is 0.164 e. The molecular formula is C85H54N6O. The molecule has 0 N–H and O–H groups in total. The third kappa shape index (κ3) is 7.82.